The Morgan fingerprint density at radius 2 is 1.92 bits per heavy atom. The standard InChI is InChI=1S/C19H17N5O/c1-25-16-6-4-14(5-7-16)12-24-13-15(11-22-24)23-18-8-10-20-17-3-2-9-21-19(17)18/h2-11,13H,12H2,1H3,(H,20,23). The number of nitrogens with one attached hydrogen (secondary N) is 1. The van der Waals surface area contributed by atoms with Crippen molar-refractivity contribution in [1.29, 1.82) is 0 Å². The number of ether oxygens (including phenoxy) is 1. The van der Waals surface area contributed by atoms with E-state index in [1.807, 2.05) is 53.3 Å². The van der Waals surface area contributed by atoms with Gasteiger partial charge in [-0.1, -0.05) is 12.1 Å². The number of methoxy groups -OCH3 is 1. The summed E-state index contributed by atoms with van der Waals surface area (Å²) >= 11 is 0. The van der Waals surface area contributed by atoms with E-state index in [0.29, 0.717) is 6.54 Å². The van der Waals surface area contributed by atoms with Crippen LogP contribution in [0.5, 0.6) is 5.75 Å². The largest absolute Gasteiger partial charge is 0.497 e. The van der Waals surface area contributed by atoms with Crippen LogP contribution in [0.25, 0.3) is 11.0 Å². The summed E-state index contributed by atoms with van der Waals surface area (Å²) in [5, 5.41) is 7.78. The fourth-order valence-electron chi connectivity index (χ4n) is 2.67. The molecule has 0 unspecified atom stereocenters. The highest BCUT2D eigenvalue weighted by atomic mass is 16.5. The minimum atomic E-state index is 0.695. The highest BCUT2D eigenvalue weighted by molar-refractivity contribution is 5.88. The van der Waals surface area contributed by atoms with Crippen molar-refractivity contribution in [3.8, 4) is 5.75 Å². The number of anilines is 2. The Morgan fingerprint density at radius 1 is 1.04 bits per heavy atom. The Labute approximate surface area is 145 Å². The van der Waals surface area contributed by atoms with Gasteiger partial charge in [0.2, 0.25) is 0 Å². The molecule has 0 aliphatic rings. The van der Waals surface area contributed by atoms with Crippen molar-refractivity contribution < 1.29 is 4.74 Å². The number of fused-ring (bicyclic) bond motifs is 1. The van der Waals surface area contributed by atoms with Gasteiger partial charge in [0.1, 0.15) is 11.3 Å². The van der Waals surface area contributed by atoms with Crippen LogP contribution in [0.4, 0.5) is 11.4 Å². The third kappa shape index (κ3) is 3.28. The van der Waals surface area contributed by atoms with Gasteiger partial charge in [-0.2, -0.15) is 5.10 Å². The predicted molar refractivity (Wildman–Crippen MR) is 97.1 cm³/mol. The smallest absolute Gasteiger partial charge is 0.118 e. The lowest BCUT2D eigenvalue weighted by Gasteiger charge is -2.06. The van der Waals surface area contributed by atoms with E-state index in [2.05, 4.69) is 20.4 Å². The molecule has 0 bridgehead atoms. The zero-order valence-electron chi connectivity index (χ0n) is 13.8. The topological polar surface area (TPSA) is 64.9 Å². The molecule has 0 aliphatic carbocycles. The highest BCUT2D eigenvalue weighted by Gasteiger charge is 2.05. The lowest BCUT2D eigenvalue weighted by molar-refractivity contribution is 0.414. The van der Waals surface area contributed by atoms with Crippen molar-refractivity contribution in [3.63, 3.8) is 0 Å². The van der Waals surface area contributed by atoms with Gasteiger partial charge in [-0.3, -0.25) is 14.6 Å². The molecule has 0 aliphatic heterocycles. The number of rotatable bonds is 5. The molecule has 25 heavy (non-hydrogen) atoms. The number of nitrogens with zero attached hydrogens (tertiary/aromatic N) is 4. The molecule has 4 rings (SSSR count). The fraction of sp³-hybridized carbons (Fsp3) is 0.105. The summed E-state index contributed by atoms with van der Waals surface area (Å²) in [6, 6.07) is 13.7. The molecule has 0 amide bonds. The van der Waals surface area contributed by atoms with Crippen LogP contribution in [-0.2, 0) is 6.54 Å². The average molecular weight is 331 g/mol. The van der Waals surface area contributed by atoms with Crippen molar-refractivity contribution in [2.45, 2.75) is 6.54 Å². The minimum Gasteiger partial charge on any atom is -0.497 e. The summed E-state index contributed by atoms with van der Waals surface area (Å²) in [5.41, 5.74) is 4.68. The first kappa shape index (κ1) is 15.1. The van der Waals surface area contributed by atoms with Gasteiger partial charge in [-0.25, -0.2) is 0 Å². The monoisotopic (exact) mass is 331 g/mol. The number of benzene rings is 1. The summed E-state index contributed by atoms with van der Waals surface area (Å²) in [4.78, 5) is 8.73. The highest BCUT2D eigenvalue weighted by Crippen LogP contribution is 2.23. The Balaban J connectivity index is 1.52. The quantitative estimate of drug-likeness (QED) is 0.605. The molecule has 4 aromatic rings. The maximum atomic E-state index is 5.18. The van der Waals surface area contributed by atoms with Crippen LogP contribution < -0.4 is 10.1 Å². The van der Waals surface area contributed by atoms with Crippen LogP contribution >= 0.6 is 0 Å². The maximum Gasteiger partial charge on any atom is 0.118 e. The normalized spacial score (nSPS) is 10.8. The van der Waals surface area contributed by atoms with Gasteiger partial charge in [0.05, 0.1) is 36.7 Å². The molecule has 124 valence electrons. The third-order valence-electron chi connectivity index (χ3n) is 3.91. The van der Waals surface area contributed by atoms with Crippen molar-refractivity contribution in [2.75, 3.05) is 12.4 Å². The van der Waals surface area contributed by atoms with Crippen molar-refractivity contribution >= 4 is 22.4 Å². The van der Waals surface area contributed by atoms with Gasteiger partial charge in [-0.15, -0.1) is 0 Å². The predicted octanol–water partition coefficient (Wildman–Crippen LogP) is 3.63. The second-order valence-electron chi connectivity index (χ2n) is 5.63. The summed E-state index contributed by atoms with van der Waals surface area (Å²) in [5.74, 6) is 0.851. The average Bonchev–Trinajstić information content (AvgIpc) is 3.09. The molecule has 0 radical (unpaired) electrons. The van der Waals surface area contributed by atoms with Crippen LogP contribution in [0.3, 0.4) is 0 Å². The van der Waals surface area contributed by atoms with E-state index in [4.69, 9.17) is 4.74 Å². The number of aromatic nitrogens is 4. The zero-order chi connectivity index (χ0) is 17.1. The van der Waals surface area contributed by atoms with Crippen LogP contribution in [0.2, 0.25) is 0 Å². The van der Waals surface area contributed by atoms with E-state index in [9.17, 15) is 0 Å². The molecule has 0 spiro atoms. The summed E-state index contributed by atoms with van der Waals surface area (Å²) < 4.78 is 7.07. The molecule has 0 fully saturated rings. The van der Waals surface area contributed by atoms with E-state index in [1.54, 1.807) is 25.7 Å². The van der Waals surface area contributed by atoms with Gasteiger partial charge in [0, 0.05) is 18.6 Å². The Hall–Kier alpha value is -3.41. The molecule has 3 aromatic heterocycles. The summed E-state index contributed by atoms with van der Waals surface area (Å²) in [7, 11) is 1.66. The lowest BCUT2D eigenvalue weighted by Crippen LogP contribution is -1.99. The summed E-state index contributed by atoms with van der Waals surface area (Å²) in [6.07, 6.45) is 7.31. The SMILES string of the molecule is COc1ccc(Cn2cc(Nc3ccnc4cccnc34)cn2)cc1. The number of hydrogen-bond acceptors (Lipinski definition) is 5. The zero-order valence-corrected chi connectivity index (χ0v) is 13.8. The summed E-state index contributed by atoms with van der Waals surface area (Å²) in [6.45, 7) is 0.695. The van der Waals surface area contributed by atoms with Crippen LogP contribution in [0, 0.1) is 0 Å². The molecule has 6 nitrogen and oxygen atoms in total. The molecular formula is C19H17N5O. The Kier molecular flexibility index (Phi) is 4.00. The molecule has 0 saturated heterocycles. The fourth-order valence-corrected chi connectivity index (χ4v) is 2.67. The Bertz CT molecular complexity index is 989. The van der Waals surface area contributed by atoms with Gasteiger partial charge in [-0.05, 0) is 35.9 Å². The Morgan fingerprint density at radius 3 is 2.76 bits per heavy atom. The first-order valence-corrected chi connectivity index (χ1v) is 7.94. The first-order chi connectivity index (χ1) is 12.3. The van der Waals surface area contributed by atoms with Crippen LogP contribution in [0.1, 0.15) is 5.56 Å². The van der Waals surface area contributed by atoms with Gasteiger partial charge < -0.3 is 10.1 Å². The number of pyridine rings is 2. The van der Waals surface area contributed by atoms with E-state index in [1.165, 1.54) is 0 Å². The van der Waals surface area contributed by atoms with Gasteiger partial charge in [0.25, 0.3) is 0 Å². The van der Waals surface area contributed by atoms with E-state index < -0.39 is 0 Å². The molecule has 6 heteroatoms. The molecule has 0 atom stereocenters. The van der Waals surface area contributed by atoms with Crippen molar-refractivity contribution in [2.24, 2.45) is 0 Å². The minimum absolute atomic E-state index is 0.695. The van der Waals surface area contributed by atoms with Crippen LogP contribution in [0.15, 0.2) is 67.3 Å². The lowest BCUT2D eigenvalue weighted by atomic mass is 10.2. The first-order valence-electron chi connectivity index (χ1n) is 7.94. The maximum absolute atomic E-state index is 5.18. The van der Waals surface area contributed by atoms with E-state index in [0.717, 1.165) is 33.7 Å². The van der Waals surface area contributed by atoms with Crippen LogP contribution in [-0.4, -0.2) is 26.9 Å². The van der Waals surface area contributed by atoms with E-state index >= 15 is 0 Å². The number of hydrogen-bond donors (Lipinski definition) is 1. The third-order valence-corrected chi connectivity index (χ3v) is 3.91. The molecule has 0 saturated carbocycles. The molecule has 1 N–H and O–H groups in total. The van der Waals surface area contributed by atoms with E-state index in [-0.39, 0.29) is 0 Å². The second-order valence-corrected chi connectivity index (χ2v) is 5.63. The molecule has 3 heterocycles. The van der Waals surface area contributed by atoms with Gasteiger partial charge in [0.15, 0.2) is 0 Å². The second kappa shape index (κ2) is 6.60. The van der Waals surface area contributed by atoms with Crippen molar-refractivity contribution in [3.05, 3.63) is 72.8 Å². The molecular weight excluding hydrogens is 314 g/mol. The van der Waals surface area contributed by atoms with Crippen molar-refractivity contribution in [1.82, 2.24) is 19.7 Å². The van der Waals surface area contributed by atoms with Gasteiger partial charge >= 0.3 is 0 Å². The molecule has 1 aromatic carbocycles.